The van der Waals surface area contributed by atoms with E-state index in [-0.39, 0.29) is 17.7 Å². The molecule has 0 aliphatic carbocycles. The molecule has 4 heterocycles. The average Bonchev–Trinajstić information content (AvgIpc) is 2.98. The molecule has 9 heteroatoms. The van der Waals surface area contributed by atoms with Crippen LogP contribution in [0.3, 0.4) is 0 Å². The molecule has 3 aromatic rings. The second kappa shape index (κ2) is 7.00. The quantitative estimate of drug-likeness (QED) is 0.667. The number of hydrogen-bond acceptors (Lipinski definition) is 7. The van der Waals surface area contributed by atoms with Gasteiger partial charge in [0, 0.05) is 43.3 Å². The van der Waals surface area contributed by atoms with Crippen LogP contribution >= 0.6 is 11.3 Å². The standard InChI is InChI=1S/C17H20N6O2S/c1-20-3-2-4-21(6-5-20)14-10-16(25)23(18-11-14)12-13-9-15(24)22-7-8-26-17(22)19-13/h7-11H,2-6,12H2,1H3. The van der Waals surface area contributed by atoms with E-state index in [2.05, 4.69) is 26.9 Å². The summed E-state index contributed by atoms with van der Waals surface area (Å²) >= 11 is 1.39. The molecule has 0 atom stereocenters. The fourth-order valence-corrected chi connectivity index (χ4v) is 3.88. The molecule has 0 N–H and O–H groups in total. The van der Waals surface area contributed by atoms with Gasteiger partial charge in [-0.1, -0.05) is 0 Å². The van der Waals surface area contributed by atoms with Gasteiger partial charge < -0.3 is 9.80 Å². The minimum absolute atomic E-state index is 0.149. The summed E-state index contributed by atoms with van der Waals surface area (Å²) < 4.78 is 2.84. The molecule has 0 spiro atoms. The lowest BCUT2D eigenvalue weighted by atomic mass is 10.3. The van der Waals surface area contributed by atoms with Crippen LogP contribution in [0.15, 0.2) is 39.5 Å². The lowest BCUT2D eigenvalue weighted by molar-refractivity contribution is 0.360. The lowest BCUT2D eigenvalue weighted by Crippen LogP contribution is -2.31. The number of fused-ring (bicyclic) bond motifs is 1. The molecule has 1 aliphatic heterocycles. The number of thiazole rings is 1. The van der Waals surface area contributed by atoms with Crippen molar-refractivity contribution in [2.45, 2.75) is 13.0 Å². The summed E-state index contributed by atoms with van der Waals surface area (Å²) in [6, 6.07) is 3.07. The van der Waals surface area contributed by atoms with E-state index in [9.17, 15) is 9.59 Å². The third-order valence-electron chi connectivity index (χ3n) is 4.61. The fraction of sp³-hybridized carbons (Fsp3) is 0.412. The largest absolute Gasteiger partial charge is 0.369 e. The van der Waals surface area contributed by atoms with Gasteiger partial charge in [-0.05, 0) is 20.0 Å². The molecule has 0 bridgehead atoms. The van der Waals surface area contributed by atoms with Crippen LogP contribution in [-0.2, 0) is 6.54 Å². The van der Waals surface area contributed by atoms with Crippen molar-refractivity contribution in [2.24, 2.45) is 0 Å². The van der Waals surface area contributed by atoms with Crippen LogP contribution in [0.1, 0.15) is 12.1 Å². The van der Waals surface area contributed by atoms with Crippen LogP contribution < -0.4 is 16.0 Å². The maximum absolute atomic E-state index is 12.5. The Kier molecular flexibility index (Phi) is 4.56. The molecule has 1 aliphatic rings. The van der Waals surface area contributed by atoms with E-state index in [1.807, 2.05) is 5.38 Å². The van der Waals surface area contributed by atoms with Crippen LogP contribution in [0, 0.1) is 0 Å². The summed E-state index contributed by atoms with van der Waals surface area (Å²) in [5.74, 6) is 0. The Morgan fingerprint density at radius 1 is 1.12 bits per heavy atom. The zero-order chi connectivity index (χ0) is 18.1. The molecule has 0 unspecified atom stereocenters. The molecule has 0 amide bonds. The van der Waals surface area contributed by atoms with Crippen molar-refractivity contribution in [3.8, 4) is 0 Å². The van der Waals surface area contributed by atoms with Gasteiger partial charge in [0.25, 0.3) is 11.1 Å². The summed E-state index contributed by atoms with van der Waals surface area (Å²) in [5.41, 5.74) is 1.05. The van der Waals surface area contributed by atoms with Crippen molar-refractivity contribution < 1.29 is 0 Å². The first-order chi connectivity index (χ1) is 12.6. The summed E-state index contributed by atoms with van der Waals surface area (Å²) in [4.78, 5) is 34.1. The molecular formula is C17H20N6O2S. The molecule has 3 aromatic heterocycles. The first-order valence-electron chi connectivity index (χ1n) is 8.56. The van der Waals surface area contributed by atoms with Crippen molar-refractivity contribution in [1.82, 2.24) is 24.1 Å². The number of anilines is 1. The Hall–Kier alpha value is -2.52. The Bertz CT molecular complexity index is 1040. The average molecular weight is 372 g/mol. The molecular weight excluding hydrogens is 352 g/mol. The van der Waals surface area contributed by atoms with Crippen molar-refractivity contribution in [2.75, 3.05) is 38.1 Å². The van der Waals surface area contributed by atoms with Crippen LogP contribution in [0.2, 0.25) is 0 Å². The van der Waals surface area contributed by atoms with Crippen LogP contribution in [0.5, 0.6) is 0 Å². The van der Waals surface area contributed by atoms with Gasteiger partial charge in [-0.2, -0.15) is 5.10 Å². The zero-order valence-corrected chi connectivity index (χ0v) is 15.4. The highest BCUT2D eigenvalue weighted by Gasteiger charge is 2.14. The summed E-state index contributed by atoms with van der Waals surface area (Å²) in [6.07, 6.45) is 4.48. The van der Waals surface area contributed by atoms with E-state index in [1.165, 1.54) is 26.5 Å². The van der Waals surface area contributed by atoms with Gasteiger partial charge in [-0.25, -0.2) is 9.67 Å². The van der Waals surface area contributed by atoms with Gasteiger partial charge in [-0.3, -0.25) is 14.0 Å². The monoisotopic (exact) mass is 372 g/mol. The van der Waals surface area contributed by atoms with E-state index < -0.39 is 0 Å². The molecule has 136 valence electrons. The smallest absolute Gasteiger partial charge is 0.269 e. The topological polar surface area (TPSA) is 75.7 Å². The van der Waals surface area contributed by atoms with E-state index >= 15 is 0 Å². The lowest BCUT2D eigenvalue weighted by Gasteiger charge is -2.22. The maximum Gasteiger partial charge on any atom is 0.269 e. The second-order valence-corrected chi connectivity index (χ2v) is 7.37. The molecule has 0 radical (unpaired) electrons. The second-order valence-electron chi connectivity index (χ2n) is 6.49. The Labute approximate surface area is 153 Å². The number of rotatable bonds is 3. The van der Waals surface area contributed by atoms with Gasteiger partial charge in [0.2, 0.25) is 0 Å². The molecule has 8 nitrogen and oxygen atoms in total. The maximum atomic E-state index is 12.5. The van der Waals surface area contributed by atoms with Crippen molar-refractivity contribution >= 4 is 22.0 Å². The summed E-state index contributed by atoms with van der Waals surface area (Å²) in [5, 5.41) is 6.11. The Balaban J connectivity index is 1.57. The fourth-order valence-electron chi connectivity index (χ4n) is 3.14. The molecule has 26 heavy (non-hydrogen) atoms. The third-order valence-corrected chi connectivity index (χ3v) is 5.36. The van der Waals surface area contributed by atoms with Crippen molar-refractivity contribution in [3.05, 3.63) is 56.3 Å². The molecule has 1 fully saturated rings. The van der Waals surface area contributed by atoms with Gasteiger partial charge in [0.05, 0.1) is 24.1 Å². The minimum atomic E-state index is -0.187. The Morgan fingerprint density at radius 3 is 2.85 bits per heavy atom. The molecule has 0 saturated carbocycles. The first kappa shape index (κ1) is 16.9. The van der Waals surface area contributed by atoms with E-state index in [4.69, 9.17) is 0 Å². The minimum Gasteiger partial charge on any atom is -0.369 e. The predicted molar refractivity (Wildman–Crippen MR) is 101 cm³/mol. The third kappa shape index (κ3) is 3.40. The number of hydrogen-bond donors (Lipinski definition) is 0. The van der Waals surface area contributed by atoms with E-state index in [0.29, 0.717) is 10.7 Å². The van der Waals surface area contributed by atoms with Gasteiger partial charge in [0.1, 0.15) is 0 Å². The highest BCUT2D eigenvalue weighted by molar-refractivity contribution is 7.15. The van der Waals surface area contributed by atoms with Crippen molar-refractivity contribution in [1.29, 1.82) is 0 Å². The van der Waals surface area contributed by atoms with E-state index in [1.54, 1.807) is 18.5 Å². The van der Waals surface area contributed by atoms with Gasteiger partial charge in [0.15, 0.2) is 4.96 Å². The SMILES string of the molecule is CN1CCCN(c2cnn(Cc3cc(=O)n4ccsc4n3)c(=O)c2)CC1. The molecule has 0 aromatic carbocycles. The number of aromatic nitrogens is 4. The molecule has 1 saturated heterocycles. The van der Waals surface area contributed by atoms with Gasteiger partial charge in [-0.15, -0.1) is 11.3 Å². The summed E-state index contributed by atoms with van der Waals surface area (Å²) in [6.45, 7) is 4.02. The van der Waals surface area contributed by atoms with Crippen LogP contribution in [-0.4, -0.2) is 57.3 Å². The Morgan fingerprint density at radius 2 is 2.00 bits per heavy atom. The number of likely N-dealkylation sites (N-methyl/N-ethyl adjacent to an activating group) is 1. The first-order valence-corrected chi connectivity index (χ1v) is 9.44. The highest BCUT2D eigenvalue weighted by Crippen LogP contribution is 2.13. The molecule has 4 rings (SSSR count). The van der Waals surface area contributed by atoms with Crippen molar-refractivity contribution in [3.63, 3.8) is 0 Å². The van der Waals surface area contributed by atoms with Crippen LogP contribution in [0.25, 0.3) is 4.96 Å². The van der Waals surface area contributed by atoms with Gasteiger partial charge >= 0.3 is 0 Å². The summed E-state index contributed by atoms with van der Waals surface area (Å²) in [7, 11) is 2.11. The highest BCUT2D eigenvalue weighted by atomic mass is 32.1. The predicted octanol–water partition coefficient (Wildman–Crippen LogP) is 0.503. The normalized spacial score (nSPS) is 16.1. The van der Waals surface area contributed by atoms with E-state index in [0.717, 1.165) is 38.3 Å². The van der Waals surface area contributed by atoms with Crippen LogP contribution in [0.4, 0.5) is 5.69 Å². The number of nitrogens with zero attached hydrogens (tertiary/aromatic N) is 6. The zero-order valence-electron chi connectivity index (χ0n) is 14.5.